The van der Waals surface area contributed by atoms with Crippen molar-refractivity contribution in [2.75, 3.05) is 36.4 Å². The van der Waals surface area contributed by atoms with Crippen LogP contribution in [0, 0.1) is 0 Å². The second-order valence-corrected chi connectivity index (χ2v) is 8.28. The SMILES string of the molecule is CCCCC(=O)NC(=S)Nc1ccc(N2CCN(C(=O)c3ccc(Cl)cc3)CC2)cc1. The van der Waals surface area contributed by atoms with Gasteiger partial charge in [-0.15, -0.1) is 0 Å². The summed E-state index contributed by atoms with van der Waals surface area (Å²) in [6.45, 7) is 4.89. The molecule has 0 unspecified atom stereocenters. The van der Waals surface area contributed by atoms with Gasteiger partial charge in [-0.2, -0.15) is 0 Å². The Labute approximate surface area is 193 Å². The zero-order valence-corrected chi connectivity index (χ0v) is 19.1. The molecule has 3 rings (SSSR count). The molecule has 2 aromatic carbocycles. The molecular formula is C23H27ClN4O2S. The maximum Gasteiger partial charge on any atom is 0.253 e. The summed E-state index contributed by atoms with van der Waals surface area (Å²) >= 11 is 11.1. The topological polar surface area (TPSA) is 64.7 Å². The van der Waals surface area contributed by atoms with Crippen LogP contribution in [0.3, 0.4) is 0 Å². The lowest BCUT2D eigenvalue weighted by Crippen LogP contribution is -2.48. The van der Waals surface area contributed by atoms with E-state index in [-0.39, 0.29) is 11.8 Å². The number of carbonyl (C=O) groups excluding carboxylic acids is 2. The predicted octanol–water partition coefficient (Wildman–Crippen LogP) is 4.31. The maximum atomic E-state index is 12.7. The second kappa shape index (κ2) is 11.1. The molecular weight excluding hydrogens is 432 g/mol. The van der Waals surface area contributed by atoms with Gasteiger partial charge < -0.3 is 20.4 Å². The lowest BCUT2D eigenvalue weighted by atomic mass is 10.1. The van der Waals surface area contributed by atoms with Crippen molar-refractivity contribution in [2.24, 2.45) is 0 Å². The van der Waals surface area contributed by atoms with Gasteiger partial charge >= 0.3 is 0 Å². The van der Waals surface area contributed by atoms with Crippen LogP contribution in [-0.2, 0) is 4.79 Å². The van der Waals surface area contributed by atoms with Crippen LogP contribution in [0.1, 0.15) is 36.5 Å². The molecule has 0 spiro atoms. The summed E-state index contributed by atoms with van der Waals surface area (Å²) in [4.78, 5) is 28.5. The van der Waals surface area contributed by atoms with E-state index in [2.05, 4.69) is 15.5 Å². The zero-order chi connectivity index (χ0) is 22.2. The Morgan fingerprint density at radius 3 is 2.26 bits per heavy atom. The average molecular weight is 459 g/mol. The number of amides is 2. The Morgan fingerprint density at radius 2 is 1.65 bits per heavy atom. The van der Waals surface area contributed by atoms with Crippen LogP contribution in [0.25, 0.3) is 0 Å². The second-order valence-electron chi connectivity index (χ2n) is 7.44. The first-order valence-electron chi connectivity index (χ1n) is 10.5. The van der Waals surface area contributed by atoms with Gasteiger partial charge in [-0.25, -0.2) is 0 Å². The first-order valence-corrected chi connectivity index (χ1v) is 11.3. The van der Waals surface area contributed by atoms with Crippen LogP contribution in [0.5, 0.6) is 0 Å². The lowest BCUT2D eigenvalue weighted by molar-refractivity contribution is -0.119. The fourth-order valence-electron chi connectivity index (χ4n) is 3.39. The van der Waals surface area contributed by atoms with E-state index in [0.29, 0.717) is 35.2 Å². The van der Waals surface area contributed by atoms with Crippen LogP contribution in [0.4, 0.5) is 11.4 Å². The van der Waals surface area contributed by atoms with Crippen LogP contribution in [-0.4, -0.2) is 48.0 Å². The minimum Gasteiger partial charge on any atom is -0.368 e. The van der Waals surface area contributed by atoms with Gasteiger partial charge in [0.15, 0.2) is 5.11 Å². The molecule has 1 aliphatic heterocycles. The fraction of sp³-hybridized carbons (Fsp3) is 0.348. The first-order chi connectivity index (χ1) is 15.0. The molecule has 0 aliphatic carbocycles. The summed E-state index contributed by atoms with van der Waals surface area (Å²) in [5, 5.41) is 6.67. The summed E-state index contributed by atoms with van der Waals surface area (Å²) in [5.41, 5.74) is 2.56. The van der Waals surface area contributed by atoms with Gasteiger partial charge in [0.05, 0.1) is 0 Å². The third-order valence-electron chi connectivity index (χ3n) is 5.16. The molecule has 1 aliphatic rings. The standard InChI is InChI=1S/C23H27ClN4O2S/c1-2-3-4-21(29)26-23(31)25-19-9-11-20(12-10-19)27-13-15-28(16-14-27)22(30)17-5-7-18(24)8-6-17/h5-12H,2-4,13-16H2,1H3,(H2,25,26,29,31). The molecule has 6 nitrogen and oxygen atoms in total. The number of thiocarbonyl (C=S) groups is 1. The summed E-state index contributed by atoms with van der Waals surface area (Å²) in [7, 11) is 0. The van der Waals surface area contributed by atoms with Gasteiger partial charge in [0, 0.05) is 54.6 Å². The third-order valence-corrected chi connectivity index (χ3v) is 5.61. The van der Waals surface area contributed by atoms with Crippen molar-refractivity contribution in [3.63, 3.8) is 0 Å². The van der Waals surface area contributed by atoms with Gasteiger partial charge in [-0.3, -0.25) is 9.59 Å². The molecule has 8 heteroatoms. The van der Waals surface area contributed by atoms with E-state index in [4.69, 9.17) is 23.8 Å². The number of carbonyl (C=O) groups is 2. The van der Waals surface area contributed by atoms with Crippen molar-refractivity contribution < 1.29 is 9.59 Å². The number of unbranched alkanes of at least 4 members (excludes halogenated alkanes) is 1. The lowest BCUT2D eigenvalue weighted by Gasteiger charge is -2.36. The average Bonchev–Trinajstić information content (AvgIpc) is 2.78. The largest absolute Gasteiger partial charge is 0.368 e. The van der Waals surface area contributed by atoms with E-state index in [0.717, 1.165) is 37.3 Å². The van der Waals surface area contributed by atoms with E-state index < -0.39 is 0 Å². The van der Waals surface area contributed by atoms with Crippen LogP contribution >= 0.6 is 23.8 Å². The molecule has 164 valence electrons. The molecule has 2 N–H and O–H groups in total. The molecule has 1 saturated heterocycles. The number of benzene rings is 2. The third kappa shape index (κ3) is 6.67. The highest BCUT2D eigenvalue weighted by molar-refractivity contribution is 7.80. The fourth-order valence-corrected chi connectivity index (χ4v) is 3.74. The van der Waals surface area contributed by atoms with Gasteiger partial charge in [-0.05, 0) is 67.2 Å². The summed E-state index contributed by atoms with van der Waals surface area (Å²) in [6.07, 6.45) is 2.30. The highest BCUT2D eigenvalue weighted by Gasteiger charge is 2.22. The van der Waals surface area contributed by atoms with Crippen LogP contribution in [0.2, 0.25) is 5.02 Å². The van der Waals surface area contributed by atoms with E-state index in [1.807, 2.05) is 36.1 Å². The normalized spacial score (nSPS) is 13.6. The number of halogens is 1. The van der Waals surface area contributed by atoms with E-state index in [1.54, 1.807) is 24.3 Å². The van der Waals surface area contributed by atoms with Crippen molar-refractivity contribution in [3.8, 4) is 0 Å². The van der Waals surface area contributed by atoms with Crippen molar-refractivity contribution in [2.45, 2.75) is 26.2 Å². The van der Waals surface area contributed by atoms with Crippen molar-refractivity contribution in [1.82, 2.24) is 10.2 Å². The van der Waals surface area contributed by atoms with Crippen LogP contribution < -0.4 is 15.5 Å². The van der Waals surface area contributed by atoms with Gasteiger partial charge in [0.1, 0.15) is 0 Å². The van der Waals surface area contributed by atoms with Crippen molar-refractivity contribution in [3.05, 3.63) is 59.1 Å². The number of nitrogens with zero attached hydrogens (tertiary/aromatic N) is 2. The summed E-state index contributed by atoms with van der Waals surface area (Å²) < 4.78 is 0. The molecule has 2 aromatic rings. The highest BCUT2D eigenvalue weighted by Crippen LogP contribution is 2.20. The number of nitrogens with one attached hydrogen (secondary N) is 2. The Balaban J connectivity index is 1.48. The summed E-state index contributed by atoms with van der Waals surface area (Å²) in [6, 6.07) is 14.9. The van der Waals surface area contributed by atoms with Gasteiger partial charge in [0.25, 0.3) is 5.91 Å². The Hall–Kier alpha value is -2.64. The molecule has 0 saturated carbocycles. The Bertz CT molecular complexity index is 910. The van der Waals surface area contributed by atoms with Gasteiger partial charge in [-0.1, -0.05) is 24.9 Å². The minimum absolute atomic E-state index is 0.0327. The minimum atomic E-state index is -0.0676. The molecule has 31 heavy (non-hydrogen) atoms. The summed E-state index contributed by atoms with van der Waals surface area (Å²) in [5.74, 6) is -0.0349. The van der Waals surface area contributed by atoms with Crippen LogP contribution in [0.15, 0.2) is 48.5 Å². The molecule has 0 aromatic heterocycles. The van der Waals surface area contributed by atoms with E-state index in [1.165, 1.54) is 0 Å². The molecule has 1 fully saturated rings. The number of hydrogen-bond acceptors (Lipinski definition) is 4. The van der Waals surface area contributed by atoms with E-state index in [9.17, 15) is 9.59 Å². The van der Waals surface area contributed by atoms with Gasteiger partial charge in [0.2, 0.25) is 5.91 Å². The number of rotatable bonds is 6. The predicted molar refractivity (Wildman–Crippen MR) is 130 cm³/mol. The first kappa shape index (κ1) is 23.0. The molecule has 1 heterocycles. The smallest absolute Gasteiger partial charge is 0.253 e. The van der Waals surface area contributed by atoms with E-state index >= 15 is 0 Å². The zero-order valence-electron chi connectivity index (χ0n) is 17.6. The monoisotopic (exact) mass is 458 g/mol. The molecule has 2 amide bonds. The quantitative estimate of drug-likeness (QED) is 0.631. The molecule has 0 atom stereocenters. The maximum absolute atomic E-state index is 12.7. The number of hydrogen-bond donors (Lipinski definition) is 2. The molecule has 0 radical (unpaired) electrons. The highest BCUT2D eigenvalue weighted by atomic mass is 35.5. The molecule has 0 bridgehead atoms. The number of piperazine rings is 1. The number of anilines is 2. The van der Waals surface area contributed by atoms with Crippen molar-refractivity contribution in [1.29, 1.82) is 0 Å². The Morgan fingerprint density at radius 1 is 1.00 bits per heavy atom. The Kier molecular flexibility index (Phi) is 8.26. The van der Waals surface area contributed by atoms with Crippen molar-refractivity contribution >= 4 is 52.1 Å².